The molecular weight excluding hydrogens is 715 g/mol. The third-order valence-electron chi connectivity index (χ3n) is 11.3. The lowest BCUT2D eigenvalue weighted by Crippen LogP contribution is -2.76. The van der Waals surface area contributed by atoms with Crippen molar-refractivity contribution in [2.24, 2.45) is 23.7 Å². The number of carbonyl (C=O) groups excluding carboxylic acids is 4. The summed E-state index contributed by atoms with van der Waals surface area (Å²) >= 11 is 5.38. The summed E-state index contributed by atoms with van der Waals surface area (Å²) in [5, 5.41) is 14.4. The number of likely N-dealkylation sites (N-methyl/N-ethyl adjacent to an activating group) is 1. The molecule has 14 heteroatoms. The van der Waals surface area contributed by atoms with Crippen LogP contribution in [0.4, 0.5) is 4.79 Å². The van der Waals surface area contributed by atoms with Crippen LogP contribution in [0.25, 0.3) is 0 Å². The van der Waals surface area contributed by atoms with Gasteiger partial charge in [0.25, 0.3) is 0 Å². The first kappa shape index (κ1) is 43.4. The molecule has 0 spiro atoms. The van der Waals surface area contributed by atoms with Gasteiger partial charge in [-0.2, -0.15) is 4.99 Å². The molecule has 0 bridgehead atoms. The fraction of sp³-hybridized carbons (Fsp3) is 0.700. The molecule has 3 N–H and O–H groups in total. The Balaban J connectivity index is 1.76. The minimum Gasteiger partial charge on any atom is -0.457 e. The minimum atomic E-state index is -1.66. The fourth-order valence-corrected chi connectivity index (χ4v) is 8.51. The van der Waals surface area contributed by atoms with Gasteiger partial charge in [-0.1, -0.05) is 51.1 Å². The molecule has 1 aromatic carbocycles. The van der Waals surface area contributed by atoms with Crippen LogP contribution in [-0.4, -0.2) is 113 Å². The summed E-state index contributed by atoms with van der Waals surface area (Å²) in [5.41, 5.74) is -1.40. The number of thiocarbonyl (C=S) groups is 1. The molecule has 13 nitrogen and oxygen atoms in total. The van der Waals surface area contributed by atoms with Gasteiger partial charge < -0.3 is 39.0 Å². The van der Waals surface area contributed by atoms with Crippen LogP contribution >= 0.6 is 12.2 Å². The highest BCUT2D eigenvalue weighted by Crippen LogP contribution is 2.38. The van der Waals surface area contributed by atoms with Crippen LogP contribution in [0, 0.1) is 23.7 Å². The summed E-state index contributed by atoms with van der Waals surface area (Å²) in [6.45, 7) is 13.8. The lowest BCUT2D eigenvalue weighted by Gasteiger charge is -2.46. The minimum absolute atomic E-state index is 0.0400. The quantitative estimate of drug-likeness (QED) is 0.146. The zero-order valence-electron chi connectivity index (χ0n) is 33.4. The molecule has 300 valence electrons. The van der Waals surface area contributed by atoms with Gasteiger partial charge in [-0.05, 0) is 86.4 Å². The van der Waals surface area contributed by atoms with Gasteiger partial charge in [-0.3, -0.25) is 14.4 Å². The van der Waals surface area contributed by atoms with Gasteiger partial charge in [0.2, 0.25) is 11.3 Å². The maximum atomic E-state index is 14.4. The average Bonchev–Trinajstić information content (AvgIpc) is 3.44. The monoisotopic (exact) mass is 774 g/mol. The zero-order chi connectivity index (χ0) is 40.1. The number of Topliss-reactive ketones (excluding diaryl/α,β-unsaturated/α-hetero) is 2. The molecule has 0 aliphatic carbocycles. The standard InChI is InChI=1S/C40H59N3O10S/c1-11-29-40(8)33(42-38(54)53-40)24(4)30(44)22(2)21-39(7,52-37(48)41-19-15-18-27-16-13-12-14-17-27)34(25(5)31(45)26(6)35(47)50-29)51-36-32(46)28(43(9)10)20-23(3)49-36/h12-14,16-17,22-26,28-29,32,34,36,46H,11,15,18-21H2,1-10H3,(H,41,48)/p+1/t22-,23-,24+,25+,26-,28+,29-,32-,34-,36+,39-,40-/m1/s1. The van der Waals surface area contributed by atoms with E-state index >= 15 is 0 Å². The summed E-state index contributed by atoms with van der Waals surface area (Å²) in [4.78, 5) is 61.2. The topological polar surface area (TPSA) is 164 Å². The molecule has 0 aromatic heterocycles. The molecule has 3 aliphatic rings. The molecule has 3 aliphatic heterocycles. The molecule has 0 radical (unpaired) electrons. The lowest BCUT2D eigenvalue weighted by atomic mass is 9.74. The molecule has 2 fully saturated rings. The first-order valence-corrected chi connectivity index (χ1v) is 19.5. The van der Waals surface area contributed by atoms with Gasteiger partial charge in [0.15, 0.2) is 18.2 Å². The van der Waals surface area contributed by atoms with E-state index in [2.05, 4.69) is 10.3 Å². The lowest BCUT2D eigenvalue weighted by molar-refractivity contribution is -0.322. The van der Waals surface area contributed by atoms with Crippen molar-refractivity contribution in [3.8, 4) is 0 Å². The zero-order valence-corrected chi connectivity index (χ0v) is 34.2. The van der Waals surface area contributed by atoms with E-state index in [0.29, 0.717) is 31.5 Å². The van der Waals surface area contributed by atoms with E-state index in [-0.39, 0.29) is 29.5 Å². The van der Waals surface area contributed by atoms with Crippen molar-refractivity contribution in [1.82, 2.24) is 10.2 Å². The van der Waals surface area contributed by atoms with Crippen LogP contribution in [0.2, 0.25) is 0 Å². The highest BCUT2D eigenvalue weighted by Gasteiger charge is 2.58. The number of alkyl carbamates (subject to hydrolysis) is 1. The smallest absolute Gasteiger partial charge is 0.440 e. The summed E-state index contributed by atoms with van der Waals surface area (Å²) in [6, 6.07) is 9.53. The first-order chi connectivity index (χ1) is 25.3. The number of nitrogens with one attached hydrogen (secondary N) is 2. The number of cyclic esters (lactones) is 1. The SMILES string of the molecule is CC[C@H]1OC(=O)[C@H](C)C(=O)[C@H](C)[C@@H](O[C@@H]2O[C@H](C)C[C@H](N(C)C)[C@H]2O)[C@](C)(OC(=O)NCCCc2ccccc2)C[C@@H](C)C(=O)[C@H](C)C2=[NH+]C(=S)O[C@@]21C. The molecule has 54 heavy (non-hydrogen) atoms. The maximum Gasteiger partial charge on any atom is 0.440 e. The number of rotatable bonds is 9. The second kappa shape index (κ2) is 18.1. The van der Waals surface area contributed by atoms with E-state index in [0.717, 1.165) is 12.0 Å². The number of esters is 1. The largest absolute Gasteiger partial charge is 0.457 e. The number of hydrogen-bond acceptors (Lipinski definition) is 12. The molecule has 4 rings (SSSR count). The Morgan fingerprint density at radius 1 is 1.06 bits per heavy atom. The van der Waals surface area contributed by atoms with Crippen molar-refractivity contribution < 1.29 is 53.0 Å². The number of aryl methyl sites for hydroxylation is 1. The van der Waals surface area contributed by atoms with E-state index in [9.17, 15) is 24.3 Å². The van der Waals surface area contributed by atoms with Crippen molar-refractivity contribution in [3.63, 3.8) is 0 Å². The Labute approximate surface area is 324 Å². The van der Waals surface area contributed by atoms with Crippen molar-refractivity contribution in [2.75, 3.05) is 20.6 Å². The van der Waals surface area contributed by atoms with E-state index in [1.54, 1.807) is 34.6 Å². The average molecular weight is 775 g/mol. The number of aliphatic hydroxyl groups is 1. The van der Waals surface area contributed by atoms with Gasteiger partial charge in [0.05, 0.1) is 12.0 Å². The number of aliphatic hydroxyl groups excluding tert-OH is 1. The number of hydrogen-bond donors (Lipinski definition) is 3. The Hall–Kier alpha value is -3.30. The Kier molecular flexibility index (Phi) is 14.6. The van der Waals surface area contributed by atoms with Crippen LogP contribution in [-0.2, 0) is 44.5 Å². The number of ketones is 2. The van der Waals surface area contributed by atoms with Crippen LogP contribution in [0.5, 0.6) is 0 Å². The highest BCUT2D eigenvalue weighted by molar-refractivity contribution is 7.79. The highest BCUT2D eigenvalue weighted by atomic mass is 32.1. The Morgan fingerprint density at radius 2 is 1.72 bits per heavy atom. The number of carbonyl (C=O) groups is 4. The second-order valence-corrected chi connectivity index (χ2v) is 16.2. The van der Waals surface area contributed by atoms with E-state index < -0.39 is 77.3 Å². The molecule has 0 saturated carbocycles. The van der Waals surface area contributed by atoms with Gasteiger partial charge >= 0.3 is 17.2 Å². The van der Waals surface area contributed by atoms with Gasteiger partial charge in [-0.15, -0.1) is 0 Å². The molecular formula is C40H60N3O10S+. The predicted molar refractivity (Wildman–Crippen MR) is 204 cm³/mol. The normalized spacial score (nSPS) is 36.8. The molecule has 3 heterocycles. The molecule has 1 amide bonds. The van der Waals surface area contributed by atoms with Crippen molar-refractivity contribution in [3.05, 3.63) is 35.9 Å². The second-order valence-electron chi connectivity index (χ2n) is 15.9. The number of benzene rings is 1. The Morgan fingerprint density at radius 3 is 2.35 bits per heavy atom. The molecule has 0 unspecified atom stereocenters. The first-order valence-electron chi connectivity index (χ1n) is 19.1. The summed E-state index contributed by atoms with van der Waals surface area (Å²) in [6.07, 6.45) is -3.50. The molecule has 1 aromatic rings. The van der Waals surface area contributed by atoms with Crippen molar-refractivity contribution in [2.45, 2.75) is 135 Å². The molecule has 12 atom stereocenters. The van der Waals surface area contributed by atoms with Gasteiger partial charge in [0.1, 0.15) is 29.5 Å². The van der Waals surface area contributed by atoms with Crippen LogP contribution in [0.1, 0.15) is 86.6 Å². The Bertz CT molecular complexity index is 1560. The van der Waals surface area contributed by atoms with E-state index in [4.69, 9.17) is 35.9 Å². The summed E-state index contributed by atoms with van der Waals surface area (Å²) in [5.74, 6) is -5.47. The van der Waals surface area contributed by atoms with E-state index in [1.165, 1.54) is 6.92 Å². The van der Waals surface area contributed by atoms with Gasteiger partial charge in [-0.25, -0.2) is 4.79 Å². The van der Waals surface area contributed by atoms with Crippen LogP contribution in [0.3, 0.4) is 0 Å². The van der Waals surface area contributed by atoms with Crippen LogP contribution < -0.4 is 10.3 Å². The number of fused-ring (bicyclic) bond motifs is 1. The fourth-order valence-electron chi connectivity index (χ4n) is 8.23. The predicted octanol–water partition coefficient (Wildman–Crippen LogP) is 2.92. The number of nitrogens with zero attached hydrogens (tertiary/aromatic N) is 1. The maximum absolute atomic E-state index is 14.4. The number of ether oxygens (including phenoxy) is 5. The third-order valence-corrected chi connectivity index (χ3v) is 11.5. The van der Waals surface area contributed by atoms with Crippen molar-refractivity contribution in [1.29, 1.82) is 0 Å². The van der Waals surface area contributed by atoms with Crippen LogP contribution in [0.15, 0.2) is 30.3 Å². The van der Waals surface area contributed by atoms with Crippen molar-refractivity contribution >= 4 is 46.7 Å². The van der Waals surface area contributed by atoms with E-state index in [1.807, 2.05) is 63.2 Å². The number of amides is 1. The molecule has 2 saturated heterocycles. The van der Waals surface area contributed by atoms with Gasteiger partial charge in [0, 0.05) is 36.6 Å². The summed E-state index contributed by atoms with van der Waals surface area (Å²) < 4.78 is 31.1. The third kappa shape index (κ3) is 9.73. The summed E-state index contributed by atoms with van der Waals surface area (Å²) in [7, 11) is 3.69.